The molecule has 0 aliphatic carbocycles. The Hall–Kier alpha value is -2.79. The third kappa shape index (κ3) is 4.24. The van der Waals surface area contributed by atoms with E-state index < -0.39 is 6.09 Å². The zero-order valence-corrected chi connectivity index (χ0v) is 15.4. The third-order valence-corrected chi connectivity index (χ3v) is 4.39. The van der Waals surface area contributed by atoms with E-state index in [-0.39, 0.29) is 5.92 Å². The van der Waals surface area contributed by atoms with Crippen molar-refractivity contribution in [1.29, 1.82) is 0 Å². The van der Waals surface area contributed by atoms with Crippen LogP contribution in [-0.2, 0) is 11.2 Å². The number of anilines is 1. The van der Waals surface area contributed by atoms with Crippen LogP contribution in [0.1, 0.15) is 24.2 Å². The number of carbonyl (C=O) groups is 1. The number of hydrogen-bond donors (Lipinski definition) is 2. The molecule has 2 N–H and O–H groups in total. The molecule has 0 saturated heterocycles. The standard InChI is InChI=1S/C20H20ClN3O2/c1-13(12-14-6-4-3-5-7-14)19-23-17(18(21)24-19)15-8-10-16(11-9-15)22-20(25)26-2/h3-11,13H,12H2,1-2H3,(H,22,25)(H,23,24)/t13-/m0/s1. The fourth-order valence-electron chi connectivity index (χ4n) is 2.74. The van der Waals surface area contributed by atoms with Crippen molar-refractivity contribution in [3.63, 3.8) is 0 Å². The van der Waals surface area contributed by atoms with Gasteiger partial charge in [0.05, 0.1) is 7.11 Å². The molecule has 0 aliphatic rings. The van der Waals surface area contributed by atoms with E-state index in [0.29, 0.717) is 16.5 Å². The highest BCUT2D eigenvalue weighted by molar-refractivity contribution is 6.31. The van der Waals surface area contributed by atoms with Crippen LogP contribution in [0.3, 0.4) is 0 Å². The number of aromatic amines is 1. The van der Waals surface area contributed by atoms with Crippen LogP contribution in [0.2, 0.25) is 5.15 Å². The zero-order chi connectivity index (χ0) is 18.5. The molecule has 6 heteroatoms. The van der Waals surface area contributed by atoms with E-state index in [0.717, 1.165) is 17.8 Å². The average molecular weight is 370 g/mol. The lowest BCUT2D eigenvalue weighted by Gasteiger charge is -2.08. The number of halogens is 1. The Bertz CT molecular complexity index is 876. The molecule has 1 amide bonds. The van der Waals surface area contributed by atoms with Crippen molar-refractivity contribution in [3.8, 4) is 11.3 Å². The van der Waals surface area contributed by atoms with E-state index >= 15 is 0 Å². The quantitative estimate of drug-likeness (QED) is 0.645. The number of H-pyrrole nitrogens is 1. The molecule has 134 valence electrons. The number of benzene rings is 2. The van der Waals surface area contributed by atoms with Crippen LogP contribution in [0.25, 0.3) is 11.3 Å². The summed E-state index contributed by atoms with van der Waals surface area (Å²) in [4.78, 5) is 19.1. The van der Waals surface area contributed by atoms with Gasteiger partial charge in [0.1, 0.15) is 16.7 Å². The first-order chi connectivity index (χ1) is 12.6. The topological polar surface area (TPSA) is 67.0 Å². The van der Waals surface area contributed by atoms with Crippen molar-refractivity contribution < 1.29 is 9.53 Å². The Labute approximate surface area is 157 Å². The smallest absolute Gasteiger partial charge is 0.411 e. The van der Waals surface area contributed by atoms with Gasteiger partial charge in [0.15, 0.2) is 0 Å². The fraction of sp³-hybridized carbons (Fsp3) is 0.200. The van der Waals surface area contributed by atoms with Gasteiger partial charge in [-0.2, -0.15) is 0 Å². The minimum atomic E-state index is -0.507. The molecule has 1 atom stereocenters. The van der Waals surface area contributed by atoms with E-state index in [1.807, 2.05) is 30.3 Å². The van der Waals surface area contributed by atoms with Crippen LogP contribution >= 0.6 is 11.6 Å². The van der Waals surface area contributed by atoms with E-state index in [4.69, 9.17) is 11.6 Å². The molecule has 26 heavy (non-hydrogen) atoms. The van der Waals surface area contributed by atoms with Crippen LogP contribution in [-0.4, -0.2) is 23.2 Å². The van der Waals surface area contributed by atoms with Gasteiger partial charge in [-0.3, -0.25) is 5.32 Å². The van der Waals surface area contributed by atoms with Crippen molar-refractivity contribution >= 4 is 23.4 Å². The Kier molecular flexibility index (Phi) is 5.58. The molecule has 3 aromatic rings. The summed E-state index contributed by atoms with van der Waals surface area (Å²) in [6.07, 6.45) is 0.374. The number of imidazole rings is 1. The SMILES string of the molecule is COC(=O)Nc1ccc(-c2nc([C@@H](C)Cc3ccccc3)[nH]c2Cl)cc1. The normalized spacial score (nSPS) is 11.8. The van der Waals surface area contributed by atoms with Crippen molar-refractivity contribution in [2.75, 3.05) is 12.4 Å². The predicted octanol–water partition coefficient (Wildman–Crippen LogP) is 5.25. The minimum Gasteiger partial charge on any atom is -0.453 e. The second-order valence-electron chi connectivity index (χ2n) is 6.07. The predicted molar refractivity (Wildman–Crippen MR) is 104 cm³/mol. The molecule has 0 aliphatic heterocycles. The number of amides is 1. The largest absolute Gasteiger partial charge is 0.453 e. The molecule has 0 bridgehead atoms. The molecule has 0 spiro atoms. The summed E-state index contributed by atoms with van der Waals surface area (Å²) in [5.41, 5.74) is 3.48. The Morgan fingerprint density at radius 2 is 1.88 bits per heavy atom. The maximum Gasteiger partial charge on any atom is 0.411 e. The van der Waals surface area contributed by atoms with Crippen LogP contribution in [0.5, 0.6) is 0 Å². The number of nitrogens with one attached hydrogen (secondary N) is 2. The first-order valence-corrected chi connectivity index (χ1v) is 8.69. The van der Waals surface area contributed by atoms with Crippen LogP contribution in [0, 0.1) is 0 Å². The second kappa shape index (κ2) is 8.06. The van der Waals surface area contributed by atoms with Gasteiger partial charge < -0.3 is 9.72 Å². The van der Waals surface area contributed by atoms with E-state index in [1.54, 1.807) is 12.1 Å². The summed E-state index contributed by atoms with van der Waals surface area (Å²) in [5.74, 6) is 1.06. The number of nitrogens with zero attached hydrogens (tertiary/aromatic N) is 1. The zero-order valence-electron chi connectivity index (χ0n) is 14.6. The molecule has 0 saturated carbocycles. The van der Waals surface area contributed by atoms with Crippen molar-refractivity contribution in [3.05, 3.63) is 71.1 Å². The van der Waals surface area contributed by atoms with E-state index in [2.05, 4.69) is 39.1 Å². The summed E-state index contributed by atoms with van der Waals surface area (Å²) < 4.78 is 4.58. The average Bonchev–Trinajstić information content (AvgIpc) is 3.05. The Morgan fingerprint density at radius 1 is 1.19 bits per heavy atom. The molecule has 1 aromatic heterocycles. The number of carbonyl (C=O) groups excluding carboxylic acids is 1. The number of hydrogen-bond acceptors (Lipinski definition) is 3. The van der Waals surface area contributed by atoms with Gasteiger partial charge in [-0.05, 0) is 24.1 Å². The van der Waals surface area contributed by atoms with Crippen molar-refractivity contribution in [1.82, 2.24) is 9.97 Å². The maximum atomic E-state index is 11.2. The molecule has 0 radical (unpaired) electrons. The van der Waals surface area contributed by atoms with Crippen LogP contribution in [0.4, 0.5) is 10.5 Å². The van der Waals surface area contributed by atoms with Gasteiger partial charge in [-0.1, -0.05) is 61.0 Å². The van der Waals surface area contributed by atoms with E-state index in [9.17, 15) is 4.79 Å². The van der Waals surface area contributed by atoms with Crippen molar-refractivity contribution in [2.45, 2.75) is 19.3 Å². The summed E-state index contributed by atoms with van der Waals surface area (Å²) in [5, 5.41) is 3.12. The fourth-order valence-corrected chi connectivity index (χ4v) is 2.99. The second-order valence-corrected chi connectivity index (χ2v) is 6.45. The molecule has 0 fully saturated rings. The monoisotopic (exact) mass is 369 g/mol. The molecular formula is C20H20ClN3O2. The lowest BCUT2D eigenvalue weighted by Crippen LogP contribution is -2.10. The lowest BCUT2D eigenvalue weighted by molar-refractivity contribution is 0.187. The number of aromatic nitrogens is 2. The van der Waals surface area contributed by atoms with E-state index in [1.165, 1.54) is 12.7 Å². The minimum absolute atomic E-state index is 0.212. The number of rotatable bonds is 5. The van der Waals surface area contributed by atoms with Crippen molar-refractivity contribution in [2.24, 2.45) is 0 Å². The first-order valence-electron chi connectivity index (χ1n) is 8.31. The molecule has 5 nitrogen and oxygen atoms in total. The van der Waals surface area contributed by atoms with Crippen LogP contribution in [0.15, 0.2) is 54.6 Å². The highest BCUT2D eigenvalue weighted by Gasteiger charge is 2.16. The summed E-state index contributed by atoms with van der Waals surface area (Å²) in [7, 11) is 1.32. The van der Waals surface area contributed by atoms with Crippen LogP contribution < -0.4 is 5.32 Å². The third-order valence-electron chi connectivity index (χ3n) is 4.12. The highest BCUT2D eigenvalue weighted by Crippen LogP contribution is 2.29. The van der Waals surface area contributed by atoms with Gasteiger partial charge in [0.25, 0.3) is 0 Å². The maximum absolute atomic E-state index is 11.2. The summed E-state index contributed by atoms with van der Waals surface area (Å²) >= 11 is 6.37. The first kappa shape index (κ1) is 18.0. The Morgan fingerprint density at radius 3 is 2.54 bits per heavy atom. The summed E-state index contributed by atoms with van der Waals surface area (Å²) in [6.45, 7) is 2.12. The molecule has 1 heterocycles. The van der Waals surface area contributed by atoms with Gasteiger partial charge >= 0.3 is 6.09 Å². The summed E-state index contributed by atoms with van der Waals surface area (Å²) in [6, 6.07) is 17.6. The number of methoxy groups -OCH3 is 1. The highest BCUT2D eigenvalue weighted by atomic mass is 35.5. The molecule has 2 aromatic carbocycles. The van der Waals surface area contributed by atoms with Gasteiger partial charge in [0.2, 0.25) is 0 Å². The Balaban J connectivity index is 1.76. The molecule has 3 rings (SSSR count). The van der Waals surface area contributed by atoms with Gasteiger partial charge in [-0.25, -0.2) is 9.78 Å². The molecule has 0 unspecified atom stereocenters. The van der Waals surface area contributed by atoms with Gasteiger partial charge in [0, 0.05) is 17.2 Å². The lowest BCUT2D eigenvalue weighted by atomic mass is 10.0. The molecular weight excluding hydrogens is 350 g/mol. The van der Waals surface area contributed by atoms with Gasteiger partial charge in [-0.15, -0.1) is 0 Å². The number of ether oxygens (including phenoxy) is 1.